The van der Waals surface area contributed by atoms with Gasteiger partial charge in [0.15, 0.2) is 0 Å². The van der Waals surface area contributed by atoms with Crippen LogP contribution in [0.3, 0.4) is 0 Å². The molecule has 0 fully saturated rings. The summed E-state index contributed by atoms with van der Waals surface area (Å²) < 4.78 is 32.2. The Balaban J connectivity index is 2.10. The molecule has 30 heavy (non-hydrogen) atoms. The van der Waals surface area contributed by atoms with Crippen molar-refractivity contribution < 1.29 is 22.7 Å². The monoisotopic (exact) mass is 453 g/mol. The van der Waals surface area contributed by atoms with E-state index in [1.165, 1.54) is 25.1 Å². The summed E-state index contributed by atoms with van der Waals surface area (Å²) in [5, 5.41) is 5.44. The number of halogens is 1. The lowest BCUT2D eigenvalue weighted by Crippen LogP contribution is -2.37. The van der Waals surface area contributed by atoms with Crippen molar-refractivity contribution in [2.75, 3.05) is 30.3 Å². The molecule has 2 aromatic carbocycles. The van der Waals surface area contributed by atoms with Gasteiger partial charge in [-0.1, -0.05) is 18.5 Å². The van der Waals surface area contributed by atoms with E-state index in [9.17, 15) is 18.0 Å². The van der Waals surface area contributed by atoms with E-state index >= 15 is 0 Å². The van der Waals surface area contributed by atoms with Crippen LogP contribution in [0.4, 0.5) is 11.4 Å². The molecule has 0 aliphatic heterocycles. The van der Waals surface area contributed by atoms with Crippen LogP contribution in [0.25, 0.3) is 0 Å². The molecule has 0 bridgehead atoms. The Hall–Kier alpha value is -2.62. The minimum absolute atomic E-state index is 0.0229. The molecule has 2 rings (SSSR count). The Morgan fingerprint density at radius 1 is 1.03 bits per heavy atom. The van der Waals surface area contributed by atoms with Gasteiger partial charge >= 0.3 is 0 Å². The van der Waals surface area contributed by atoms with E-state index in [2.05, 4.69) is 10.6 Å². The third kappa shape index (κ3) is 6.19. The molecule has 162 valence electrons. The number of hydrogen-bond donors (Lipinski definition) is 2. The van der Waals surface area contributed by atoms with Gasteiger partial charge in [-0.2, -0.15) is 4.31 Å². The quantitative estimate of drug-likeness (QED) is 0.605. The van der Waals surface area contributed by atoms with Gasteiger partial charge in [-0.25, -0.2) is 8.42 Å². The number of ether oxygens (including phenoxy) is 1. The van der Waals surface area contributed by atoms with E-state index < -0.39 is 15.9 Å². The second kappa shape index (κ2) is 10.4. The molecule has 8 nitrogen and oxygen atoms in total. The van der Waals surface area contributed by atoms with Crippen molar-refractivity contribution in [3.8, 4) is 5.75 Å². The molecule has 10 heteroatoms. The molecule has 2 aromatic rings. The largest absolute Gasteiger partial charge is 0.492 e. The number of hydrogen-bond acceptors (Lipinski definition) is 5. The minimum Gasteiger partial charge on any atom is -0.492 e. The summed E-state index contributed by atoms with van der Waals surface area (Å²) in [7, 11) is -3.93. The highest BCUT2D eigenvalue weighted by molar-refractivity contribution is 7.89. The first kappa shape index (κ1) is 23.7. The number of anilines is 2. The van der Waals surface area contributed by atoms with Crippen molar-refractivity contribution in [2.24, 2.45) is 0 Å². The standard InChI is InChI=1S/C20H24ClN3O5S/c1-4-24(30(27,28)17-10-11-19(29-5-2)18(21)12-17)13-20(26)23-16-8-6-15(7-9-16)22-14(3)25/h6-12H,4-5,13H2,1-3H3,(H,22,25)(H,23,26). The number of rotatable bonds is 9. The Kier molecular flexibility index (Phi) is 8.22. The predicted octanol–water partition coefficient (Wildman–Crippen LogP) is 3.35. The molecule has 0 radical (unpaired) electrons. The van der Waals surface area contributed by atoms with E-state index in [1.54, 1.807) is 38.1 Å². The zero-order valence-corrected chi connectivity index (χ0v) is 18.5. The molecule has 0 heterocycles. The lowest BCUT2D eigenvalue weighted by atomic mass is 10.2. The number of benzene rings is 2. The van der Waals surface area contributed by atoms with Crippen LogP contribution in [-0.2, 0) is 19.6 Å². The normalized spacial score (nSPS) is 11.2. The Morgan fingerprint density at radius 3 is 2.13 bits per heavy atom. The van der Waals surface area contributed by atoms with Crippen LogP contribution in [0, 0.1) is 0 Å². The summed E-state index contributed by atoms with van der Waals surface area (Å²) >= 11 is 6.11. The van der Waals surface area contributed by atoms with Crippen LogP contribution >= 0.6 is 11.6 Å². The van der Waals surface area contributed by atoms with Crippen LogP contribution in [0.5, 0.6) is 5.75 Å². The van der Waals surface area contributed by atoms with Crippen LogP contribution < -0.4 is 15.4 Å². The van der Waals surface area contributed by atoms with Gasteiger partial charge in [-0.15, -0.1) is 0 Å². The molecular formula is C20H24ClN3O5S. The number of carbonyl (C=O) groups is 2. The van der Waals surface area contributed by atoms with Gasteiger partial charge in [0.2, 0.25) is 21.8 Å². The smallest absolute Gasteiger partial charge is 0.243 e. The molecule has 0 saturated heterocycles. The molecule has 2 N–H and O–H groups in total. The van der Waals surface area contributed by atoms with Crippen LogP contribution in [0.15, 0.2) is 47.4 Å². The molecule has 0 unspecified atom stereocenters. The Labute approximate surface area is 181 Å². The van der Waals surface area contributed by atoms with E-state index in [0.29, 0.717) is 23.7 Å². The van der Waals surface area contributed by atoms with Crippen LogP contribution in [0.1, 0.15) is 20.8 Å². The fraction of sp³-hybridized carbons (Fsp3) is 0.300. The number of amides is 2. The third-order valence-corrected chi connectivity index (χ3v) is 6.21. The minimum atomic E-state index is -3.93. The lowest BCUT2D eigenvalue weighted by Gasteiger charge is -2.20. The summed E-state index contributed by atoms with van der Waals surface area (Å²) in [4.78, 5) is 23.4. The number of nitrogens with one attached hydrogen (secondary N) is 2. The second-order valence-corrected chi connectivity index (χ2v) is 8.61. The van der Waals surface area contributed by atoms with Gasteiger partial charge in [0.05, 0.1) is 23.1 Å². The van der Waals surface area contributed by atoms with Crippen molar-refractivity contribution in [3.05, 3.63) is 47.5 Å². The average molecular weight is 454 g/mol. The van der Waals surface area contributed by atoms with Gasteiger partial charge in [0.1, 0.15) is 5.75 Å². The third-order valence-electron chi connectivity index (χ3n) is 4.00. The molecule has 0 atom stereocenters. The maximum Gasteiger partial charge on any atom is 0.243 e. The summed E-state index contributed by atoms with van der Waals surface area (Å²) in [6.07, 6.45) is 0. The highest BCUT2D eigenvalue weighted by Gasteiger charge is 2.26. The van der Waals surface area contributed by atoms with Crippen molar-refractivity contribution in [1.29, 1.82) is 0 Å². The van der Waals surface area contributed by atoms with Crippen molar-refractivity contribution in [3.63, 3.8) is 0 Å². The SMILES string of the molecule is CCOc1ccc(S(=O)(=O)N(CC)CC(=O)Nc2ccc(NC(C)=O)cc2)cc1Cl. The molecular weight excluding hydrogens is 430 g/mol. The Bertz CT molecular complexity index is 1010. The van der Waals surface area contributed by atoms with E-state index in [-0.39, 0.29) is 28.9 Å². The zero-order valence-electron chi connectivity index (χ0n) is 16.9. The van der Waals surface area contributed by atoms with E-state index in [4.69, 9.17) is 16.3 Å². The Morgan fingerprint density at radius 2 is 1.63 bits per heavy atom. The van der Waals surface area contributed by atoms with Gasteiger partial charge in [0, 0.05) is 24.8 Å². The summed E-state index contributed by atoms with van der Waals surface area (Å²) in [6.45, 7) is 4.97. The van der Waals surface area contributed by atoms with E-state index in [0.717, 1.165) is 4.31 Å². The number of nitrogens with zero attached hydrogens (tertiary/aromatic N) is 1. The van der Waals surface area contributed by atoms with E-state index in [1.807, 2.05) is 0 Å². The van der Waals surface area contributed by atoms with Gasteiger partial charge in [0.25, 0.3) is 0 Å². The second-order valence-electron chi connectivity index (χ2n) is 6.26. The van der Waals surface area contributed by atoms with Crippen molar-refractivity contribution in [1.82, 2.24) is 4.31 Å². The highest BCUT2D eigenvalue weighted by atomic mass is 35.5. The first-order valence-electron chi connectivity index (χ1n) is 9.27. The van der Waals surface area contributed by atoms with Gasteiger partial charge in [-0.3, -0.25) is 9.59 Å². The maximum atomic E-state index is 12.9. The number of sulfonamides is 1. The molecule has 0 aromatic heterocycles. The average Bonchev–Trinajstić information content (AvgIpc) is 2.68. The zero-order chi connectivity index (χ0) is 22.3. The van der Waals surface area contributed by atoms with Crippen LogP contribution in [0.2, 0.25) is 5.02 Å². The molecule has 0 spiro atoms. The van der Waals surface area contributed by atoms with Crippen molar-refractivity contribution >= 4 is 44.8 Å². The maximum absolute atomic E-state index is 12.9. The van der Waals surface area contributed by atoms with Crippen molar-refractivity contribution in [2.45, 2.75) is 25.7 Å². The fourth-order valence-corrected chi connectivity index (χ4v) is 4.36. The topological polar surface area (TPSA) is 105 Å². The first-order chi connectivity index (χ1) is 14.2. The predicted molar refractivity (Wildman–Crippen MR) is 116 cm³/mol. The molecule has 0 aliphatic carbocycles. The number of carbonyl (C=O) groups excluding carboxylic acids is 2. The molecule has 0 saturated carbocycles. The lowest BCUT2D eigenvalue weighted by molar-refractivity contribution is -0.116. The highest BCUT2D eigenvalue weighted by Crippen LogP contribution is 2.28. The fourth-order valence-electron chi connectivity index (χ4n) is 2.63. The first-order valence-corrected chi connectivity index (χ1v) is 11.1. The molecule has 0 aliphatic rings. The summed E-state index contributed by atoms with van der Waals surface area (Å²) in [6, 6.07) is 10.7. The van der Waals surface area contributed by atoms with Gasteiger partial charge < -0.3 is 15.4 Å². The summed E-state index contributed by atoms with van der Waals surface area (Å²) in [5.41, 5.74) is 1.07. The van der Waals surface area contributed by atoms with Crippen LogP contribution in [-0.4, -0.2) is 44.2 Å². The number of likely N-dealkylation sites (N-methyl/N-ethyl adjacent to an activating group) is 1. The summed E-state index contributed by atoms with van der Waals surface area (Å²) in [5.74, 6) is -0.309. The molecule has 2 amide bonds. The van der Waals surface area contributed by atoms with Gasteiger partial charge in [-0.05, 0) is 49.4 Å².